The number of rotatable bonds is 4. The summed E-state index contributed by atoms with van der Waals surface area (Å²) in [6, 6.07) is 20.1. The first-order chi connectivity index (χ1) is 9.86. The molecular weight excluding hydrogens is 242 g/mol. The van der Waals surface area contributed by atoms with E-state index in [1.165, 1.54) is 42.5 Å². The molecule has 2 aromatic rings. The van der Waals surface area contributed by atoms with Gasteiger partial charge in [-0.3, -0.25) is 0 Å². The first kappa shape index (κ1) is 13.2. The van der Waals surface area contributed by atoms with Gasteiger partial charge in [-0.15, -0.1) is 0 Å². The minimum atomic E-state index is 0.669. The van der Waals surface area contributed by atoms with E-state index in [2.05, 4.69) is 66.8 Å². The summed E-state index contributed by atoms with van der Waals surface area (Å²) in [5.74, 6) is 0.851. The predicted molar refractivity (Wildman–Crippen MR) is 86.9 cm³/mol. The standard InChI is InChI=1S/C19H23N/c1-2-15-9-6-10-19(15)20-18-13-11-17(12-14-18)16-7-4-3-5-8-16/h3-5,7-8,11-15,19-20H,2,6,9-10H2,1H3. The molecule has 2 unspecified atom stereocenters. The average Bonchev–Trinajstić information content (AvgIpc) is 2.96. The van der Waals surface area contributed by atoms with Crippen molar-refractivity contribution >= 4 is 5.69 Å². The molecule has 0 saturated heterocycles. The Balaban J connectivity index is 1.70. The minimum Gasteiger partial charge on any atom is -0.382 e. The normalized spacial score (nSPS) is 21.9. The lowest BCUT2D eigenvalue weighted by Crippen LogP contribution is -2.23. The number of hydrogen-bond donors (Lipinski definition) is 1. The molecule has 20 heavy (non-hydrogen) atoms. The fourth-order valence-electron chi connectivity index (χ4n) is 3.32. The first-order valence-electron chi connectivity index (χ1n) is 7.79. The Labute approximate surface area is 122 Å². The van der Waals surface area contributed by atoms with Gasteiger partial charge in [0, 0.05) is 11.7 Å². The van der Waals surface area contributed by atoms with Crippen LogP contribution in [0, 0.1) is 5.92 Å². The van der Waals surface area contributed by atoms with Gasteiger partial charge in [0.15, 0.2) is 0 Å². The van der Waals surface area contributed by atoms with Crippen LogP contribution in [-0.4, -0.2) is 6.04 Å². The van der Waals surface area contributed by atoms with Crippen LogP contribution in [0.1, 0.15) is 32.6 Å². The Bertz CT molecular complexity index is 529. The molecule has 2 aromatic carbocycles. The molecule has 0 bridgehead atoms. The molecule has 1 fully saturated rings. The topological polar surface area (TPSA) is 12.0 Å². The summed E-state index contributed by atoms with van der Waals surface area (Å²) in [4.78, 5) is 0. The number of benzene rings is 2. The highest BCUT2D eigenvalue weighted by molar-refractivity contribution is 5.65. The van der Waals surface area contributed by atoms with Gasteiger partial charge < -0.3 is 5.32 Å². The molecule has 1 aliphatic rings. The summed E-state index contributed by atoms with van der Waals surface area (Å²) in [7, 11) is 0. The average molecular weight is 265 g/mol. The molecule has 1 saturated carbocycles. The molecule has 1 nitrogen and oxygen atoms in total. The van der Waals surface area contributed by atoms with E-state index in [-0.39, 0.29) is 0 Å². The lowest BCUT2D eigenvalue weighted by Gasteiger charge is -2.21. The van der Waals surface area contributed by atoms with Crippen molar-refractivity contribution in [2.45, 2.75) is 38.6 Å². The van der Waals surface area contributed by atoms with Gasteiger partial charge in [-0.1, -0.05) is 62.2 Å². The zero-order valence-electron chi connectivity index (χ0n) is 12.2. The second-order valence-corrected chi connectivity index (χ2v) is 5.79. The summed E-state index contributed by atoms with van der Waals surface area (Å²) in [6.07, 6.45) is 5.37. The van der Waals surface area contributed by atoms with E-state index < -0.39 is 0 Å². The van der Waals surface area contributed by atoms with Crippen molar-refractivity contribution in [1.29, 1.82) is 0 Å². The van der Waals surface area contributed by atoms with Crippen molar-refractivity contribution in [3.63, 3.8) is 0 Å². The highest BCUT2D eigenvalue weighted by Gasteiger charge is 2.25. The SMILES string of the molecule is CCC1CCCC1Nc1ccc(-c2ccccc2)cc1. The number of nitrogens with one attached hydrogen (secondary N) is 1. The van der Waals surface area contributed by atoms with Crippen LogP contribution in [0.2, 0.25) is 0 Å². The molecule has 0 spiro atoms. The van der Waals surface area contributed by atoms with E-state index in [4.69, 9.17) is 0 Å². The van der Waals surface area contributed by atoms with Gasteiger partial charge in [-0.2, -0.15) is 0 Å². The van der Waals surface area contributed by atoms with Crippen LogP contribution in [0.4, 0.5) is 5.69 Å². The second kappa shape index (κ2) is 6.13. The molecule has 0 heterocycles. The van der Waals surface area contributed by atoms with Crippen LogP contribution in [0.25, 0.3) is 11.1 Å². The predicted octanol–water partition coefficient (Wildman–Crippen LogP) is 5.34. The van der Waals surface area contributed by atoms with Gasteiger partial charge in [-0.25, -0.2) is 0 Å². The van der Waals surface area contributed by atoms with Crippen LogP contribution >= 0.6 is 0 Å². The lowest BCUT2D eigenvalue weighted by molar-refractivity contribution is 0.489. The van der Waals surface area contributed by atoms with Gasteiger partial charge in [0.05, 0.1) is 0 Å². The highest BCUT2D eigenvalue weighted by Crippen LogP contribution is 2.31. The van der Waals surface area contributed by atoms with E-state index in [0.717, 1.165) is 5.92 Å². The smallest absolute Gasteiger partial charge is 0.0342 e. The molecule has 0 aliphatic heterocycles. The third kappa shape index (κ3) is 2.87. The summed E-state index contributed by atoms with van der Waals surface area (Å²) >= 11 is 0. The number of anilines is 1. The highest BCUT2D eigenvalue weighted by atomic mass is 14.9. The summed E-state index contributed by atoms with van der Waals surface area (Å²) in [6.45, 7) is 2.31. The molecule has 104 valence electrons. The van der Waals surface area contributed by atoms with E-state index >= 15 is 0 Å². The fourth-order valence-corrected chi connectivity index (χ4v) is 3.32. The van der Waals surface area contributed by atoms with Crippen LogP contribution in [0.5, 0.6) is 0 Å². The van der Waals surface area contributed by atoms with E-state index in [1.54, 1.807) is 0 Å². The lowest BCUT2D eigenvalue weighted by atomic mass is 10.00. The molecule has 3 rings (SSSR count). The van der Waals surface area contributed by atoms with Crippen molar-refractivity contribution in [3.05, 3.63) is 54.6 Å². The van der Waals surface area contributed by atoms with Gasteiger partial charge in [0.2, 0.25) is 0 Å². The first-order valence-corrected chi connectivity index (χ1v) is 7.79. The maximum absolute atomic E-state index is 3.72. The van der Waals surface area contributed by atoms with Crippen molar-refractivity contribution in [1.82, 2.24) is 0 Å². The van der Waals surface area contributed by atoms with Gasteiger partial charge in [0.1, 0.15) is 0 Å². The number of hydrogen-bond acceptors (Lipinski definition) is 1. The van der Waals surface area contributed by atoms with Crippen molar-refractivity contribution in [3.8, 4) is 11.1 Å². The van der Waals surface area contributed by atoms with Gasteiger partial charge in [0.25, 0.3) is 0 Å². The van der Waals surface area contributed by atoms with E-state index in [1.807, 2.05) is 0 Å². The van der Waals surface area contributed by atoms with Gasteiger partial charge in [-0.05, 0) is 42.0 Å². The second-order valence-electron chi connectivity index (χ2n) is 5.79. The largest absolute Gasteiger partial charge is 0.382 e. The third-order valence-corrected chi connectivity index (χ3v) is 4.53. The Morgan fingerprint density at radius 1 is 0.900 bits per heavy atom. The molecule has 0 radical (unpaired) electrons. The van der Waals surface area contributed by atoms with Gasteiger partial charge >= 0.3 is 0 Å². The molecule has 1 heteroatoms. The third-order valence-electron chi connectivity index (χ3n) is 4.53. The Morgan fingerprint density at radius 2 is 1.60 bits per heavy atom. The van der Waals surface area contributed by atoms with E-state index in [9.17, 15) is 0 Å². The maximum atomic E-state index is 3.72. The molecule has 2 atom stereocenters. The molecule has 1 aliphatic carbocycles. The van der Waals surface area contributed by atoms with Crippen LogP contribution in [-0.2, 0) is 0 Å². The maximum Gasteiger partial charge on any atom is 0.0342 e. The Morgan fingerprint density at radius 3 is 2.30 bits per heavy atom. The Kier molecular flexibility index (Phi) is 4.05. The van der Waals surface area contributed by atoms with Crippen LogP contribution in [0.3, 0.4) is 0 Å². The monoisotopic (exact) mass is 265 g/mol. The molecule has 0 aromatic heterocycles. The minimum absolute atomic E-state index is 0.669. The molecular formula is C19H23N. The zero-order valence-corrected chi connectivity index (χ0v) is 12.2. The van der Waals surface area contributed by atoms with Crippen LogP contribution < -0.4 is 5.32 Å². The van der Waals surface area contributed by atoms with Crippen LogP contribution in [0.15, 0.2) is 54.6 Å². The fraction of sp³-hybridized carbons (Fsp3) is 0.368. The Hall–Kier alpha value is -1.76. The quantitative estimate of drug-likeness (QED) is 0.786. The summed E-state index contributed by atoms with van der Waals surface area (Å²) in [5.41, 5.74) is 3.83. The summed E-state index contributed by atoms with van der Waals surface area (Å²) in [5, 5.41) is 3.72. The summed E-state index contributed by atoms with van der Waals surface area (Å²) < 4.78 is 0. The van der Waals surface area contributed by atoms with Crippen molar-refractivity contribution in [2.75, 3.05) is 5.32 Å². The van der Waals surface area contributed by atoms with Crippen molar-refractivity contribution < 1.29 is 0 Å². The zero-order chi connectivity index (χ0) is 13.8. The molecule has 0 amide bonds. The van der Waals surface area contributed by atoms with Crippen molar-refractivity contribution in [2.24, 2.45) is 5.92 Å². The molecule has 1 N–H and O–H groups in total. The van der Waals surface area contributed by atoms with E-state index in [0.29, 0.717) is 6.04 Å².